The fourth-order valence-electron chi connectivity index (χ4n) is 4.97. The average molecular weight is 633 g/mol. The van der Waals surface area contributed by atoms with E-state index in [-0.39, 0.29) is 4.90 Å². The van der Waals surface area contributed by atoms with Crippen LogP contribution < -0.4 is 10.6 Å². The van der Waals surface area contributed by atoms with Crippen LogP contribution in [0.2, 0.25) is 0 Å². The van der Waals surface area contributed by atoms with Crippen LogP contribution in [0.4, 0.5) is 11.4 Å². The van der Waals surface area contributed by atoms with E-state index in [0.29, 0.717) is 26.2 Å². The van der Waals surface area contributed by atoms with Gasteiger partial charge in [0.2, 0.25) is 10.0 Å². The first kappa shape index (κ1) is 29.0. The predicted octanol–water partition coefficient (Wildman–Crippen LogP) is 6.99. The zero-order valence-electron chi connectivity index (χ0n) is 23.7. The number of halogens is 1. The van der Waals surface area contributed by atoms with Crippen molar-refractivity contribution in [2.24, 2.45) is 0 Å². The van der Waals surface area contributed by atoms with Crippen LogP contribution in [0, 0.1) is 27.7 Å². The Kier molecular flexibility index (Phi) is 8.58. The molecule has 0 atom stereocenters. The minimum Gasteiger partial charge on any atom is -0.383 e. The summed E-state index contributed by atoms with van der Waals surface area (Å²) in [6, 6.07) is 23.1. The minimum atomic E-state index is -3.73. The molecule has 0 unspecified atom stereocenters. The lowest BCUT2D eigenvalue weighted by molar-refractivity contribution is 0.433. The van der Waals surface area contributed by atoms with Gasteiger partial charge in [0.1, 0.15) is 0 Å². The van der Waals surface area contributed by atoms with Crippen molar-refractivity contribution >= 4 is 59.1 Å². The van der Waals surface area contributed by atoms with E-state index in [0.717, 1.165) is 60.2 Å². The standard InChI is InChI=1S/C32H34BrN5O2S/c1-21-5-11-29-27(17-21)31(19-23(3)36-29)34-13-15-38(41(39,40)26-9-7-25(33)8-10-26)16-14-35-32-20-24(4)37-30-12-6-22(2)18-28(30)32/h5-12,17-20H,13-16H2,1-4H3,(H,34,36)(H,35,37). The summed E-state index contributed by atoms with van der Waals surface area (Å²) in [5.41, 5.74) is 7.82. The maximum absolute atomic E-state index is 13.8. The zero-order valence-corrected chi connectivity index (χ0v) is 26.1. The van der Waals surface area contributed by atoms with E-state index in [1.807, 2.05) is 50.2 Å². The molecule has 0 saturated heterocycles. The fraction of sp³-hybridized carbons (Fsp3) is 0.250. The van der Waals surface area contributed by atoms with Gasteiger partial charge >= 0.3 is 0 Å². The molecule has 2 heterocycles. The van der Waals surface area contributed by atoms with E-state index in [2.05, 4.69) is 62.5 Å². The first-order valence-electron chi connectivity index (χ1n) is 13.6. The molecule has 0 saturated carbocycles. The van der Waals surface area contributed by atoms with Crippen LogP contribution in [0.25, 0.3) is 21.8 Å². The smallest absolute Gasteiger partial charge is 0.243 e. The molecular formula is C32H34BrN5O2S. The Hall–Kier alpha value is -3.53. The Morgan fingerprint density at radius 1 is 0.683 bits per heavy atom. The second-order valence-corrected chi connectivity index (χ2v) is 13.2. The molecule has 212 valence electrons. The van der Waals surface area contributed by atoms with Gasteiger partial charge in [-0.3, -0.25) is 9.97 Å². The lowest BCUT2D eigenvalue weighted by Gasteiger charge is -2.24. The molecule has 0 aliphatic rings. The highest BCUT2D eigenvalue weighted by molar-refractivity contribution is 9.10. The molecule has 7 nitrogen and oxygen atoms in total. The summed E-state index contributed by atoms with van der Waals surface area (Å²) >= 11 is 3.41. The maximum atomic E-state index is 13.8. The molecular weight excluding hydrogens is 598 g/mol. The van der Waals surface area contributed by atoms with Crippen molar-refractivity contribution in [1.82, 2.24) is 14.3 Å². The molecule has 0 aliphatic carbocycles. The van der Waals surface area contributed by atoms with Crippen LogP contribution in [0.3, 0.4) is 0 Å². The van der Waals surface area contributed by atoms with Gasteiger partial charge in [-0.05, 0) is 88.4 Å². The van der Waals surface area contributed by atoms with Gasteiger partial charge in [0.25, 0.3) is 0 Å². The number of sulfonamides is 1. The average Bonchev–Trinajstić information content (AvgIpc) is 2.93. The fourth-order valence-corrected chi connectivity index (χ4v) is 6.68. The third kappa shape index (κ3) is 6.69. The van der Waals surface area contributed by atoms with Crippen molar-refractivity contribution in [2.75, 3.05) is 36.8 Å². The third-order valence-corrected chi connectivity index (χ3v) is 9.43. The normalized spacial score (nSPS) is 11.9. The van der Waals surface area contributed by atoms with Gasteiger partial charge < -0.3 is 10.6 Å². The molecule has 9 heteroatoms. The van der Waals surface area contributed by atoms with Crippen LogP contribution in [0.5, 0.6) is 0 Å². The molecule has 5 aromatic rings. The number of aromatic nitrogens is 2. The topological polar surface area (TPSA) is 87.2 Å². The van der Waals surface area contributed by atoms with Gasteiger partial charge in [-0.15, -0.1) is 0 Å². The largest absolute Gasteiger partial charge is 0.383 e. The molecule has 0 amide bonds. The van der Waals surface area contributed by atoms with Crippen LogP contribution in [0.15, 0.2) is 82.2 Å². The molecule has 0 bridgehead atoms. The number of benzene rings is 3. The van der Waals surface area contributed by atoms with Crippen molar-refractivity contribution in [3.05, 3.63) is 99.8 Å². The van der Waals surface area contributed by atoms with E-state index in [1.54, 1.807) is 28.6 Å². The summed E-state index contributed by atoms with van der Waals surface area (Å²) in [4.78, 5) is 9.56. The second kappa shape index (κ2) is 12.1. The summed E-state index contributed by atoms with van der Waals surface area (Å²) in [6.45, 7) is 9.51. The molecule has 5 rings (SSSR count). The molecule has 0 aliphatic heterocycles. The minimum absolute atomic E-state index is 0.266. The number of aryl methyl sites for hydroxylation is 4. The first-order valence-corrected chi connectivity index (χ1v) is 15.8. The van der Waals surface area contributed by atoms with Crippen LogP contribution in [0.1, 0.15) is 22.5 Å². The van der Waals surface area contributed by atoms with Crippen molar-refractivity contribution in [1.29, 1.82) is 0 Å². The number of nitrogens with one attached hydrogen (secondary N) is 2. The number of rotatable bonds is 10. The Balaban J connectivity index is 1.37. The zero-order chi connectivity index (χ0) is 29.1. The number of nitrogens with zero attached hydrogens (tertiary/aromatic N) is 3. The molecule has 2 aromatic heterocycles. The highest BCUT2D eigenvalue weighted by Crippen LogP contribution is 2.26. The highest BCUT2D eigenvalue weighted by atomic mass is 79.9. The monoisotopic (exact) mass is 631 g/mol. The van der Waals surface area contributed by atoms with Gasteiger partial charge in [-0.25, -0.2) is 8.42 Å². The first-order chi connectivity index (χ1) is 19.6. The molecule has 0 fully saturated rings. The molecule has 2 N–H and O–H groups in total. The Labute approximate surface area is 250 Å². The van der Waals surface area contributed by atoms with Crippen molar-refractivity contribution < 1.29 is 8.42 Å². The third-order valence-electron chi connectivity index (χ3n) is 6.99. The Morgan fingerprint density at radius 2 is 1.15 bits per heavy atom. The number of anilines is 2. The summed E-state index contributed by atoms with van der Waals surface area (Å²) in [5.74, 6) is 0. The summed E-state index contributed by atoms with van der Waals surface area (Å²) < 4.78 is 29.9. The lowest BCUT2D eigenvalue weighted by atomic mass is 10.1. The lowest BCUT2D eigenvalue weighted by Crippen LogP contribution is -2.38. The van der Waals surface area contributed by atoms with Gasteiger partial charge in [0.15, 0.2) is 0 Å². The predicted molar refractivity (Wildman–Crippen MR) is 172 cm³/mol. The van der Waals surface area contributed by atoms with Crippen molar-refractivity contribution in [3.8, 4) is 0 Å². The number of hydrogen-bond acceptors (Lipinski definition) is 6. The number of pyridine rings is 2. The number of hydrogen-bond donors (Lipinski definition) is 2. The van der Waals surface area contributed by atoms with Crippen LogP contribution >= 0.6 is 15.9 Å². The van der Waals surface area contributed by atoms with Crippen LogP contribution in [-0.2, 0) is 10.0 Å². The molecule has 0 radical (unpaired) electrons. The quantitative estimate of drug-likeness (QED) is 0.173. The summed E-state index contributed by atoms with van der Waals surface area (Å²) in [6.07, 6.45) is 0. The van der Waals surface area contributed by atoms with Crippen LogP contribution in [-0.4, -0.2) is 48.9 Å². The Bertz CT molecular complexity index is 1730. The SMILES string of the molecule is Cc1ccc2nc(C)cc(NCCN(CCNc3cc(C)nc4ccc(C)cc34)S(=O)(=O)c3ccc(Br)cc3)c2c1. The van der Waals surface area contributed by atoms with E-state index >= 15 is 0 Å². The molecule has 3 aromatic carbocycles. The van der Waals surface area contributed by atoms with Crippen molar-refractivity contribution in [2.45, 2.75) is 32.6 Å². The summed E-state index contributed by atoms with van der Waals surface area (Å²) in [7, 11) is -3.73. The molecule has 41 heavy (non-hydrogen) atoms. The van der Waals surface area contributed by atoms with E-state index in [4.69, 9.17) is 0 Å². The molecule has 0 spiro atoms. The van der Waals surface area contributed by atoms with Gasteiger partial charge in [-0.1, -0.05) is 39.2 Å². The summed E-state index contributed by atoms with van der Waals surface area (Å²) in [5, 5.41) is 9.01. The van der Waals surface area contributed by atoms with E-state index in [1.165, 1.54) is 0 Å². The highest BCUT2D eigenvalue weighted by Gasteiger charge is 2.24. The van der Waals surface area contributed by atoms with E-state index in [9.17, 15) is 8.42 Å². The Morgan fingerprint density at radius 3 is 1.61 bits per heavy atom. The maximum Gasteiger partial charge on any atom is 0.243 e. The second-order valence-electron chi connectivity index (χ2n) is 10.4. The van der Waals surface area contributed by atoms with E-state index < -0.39 is 10.0 Å². The number of fused-ring (bicyclic) bond motifs is 2. The van der Waals surface area contributed by atoms with Gasteiger partial charge in [0.05, 0.1) is 15.9 Å². The van der Waals surface area contributed by atoms with Gasteiger partial charge in [-0.2, -0.15) is 4.31 Å². The van der Waals surface area contributed by atoms with Gasteiger partial charge in [0, 0.05) is 64.2 Å². The van der Waals surface area contributed by atoms with Crippen molar-refractivity contribution in [3.63, 3.8) is 0 Å².